The normalized spacial score (nSPS) is 20.1. The van der Waals surface area contributed by atoms with Crippen LogP contribution in [0.3, 0.4) is 0 Å². The highest BCUT2D eigenvalue weighted by molar-refractivity contribution is 5.53. The van der Waals surface area contributed by atoms with Crippen LogP contribution in [0.1, 0.15) is 17.2 Å². The van der Waals surface area contributed by atoms with Crippen molar-refractivity contribution in [3.8, 4) is 0 Å². The van der Waals surface area contributed by atoms with Crippen LogP contribution in [0.15, 0.2) is 24.3 Å². The van der Waals surface area contributed by atoms with Crippen molar-refractivity contribution >= 4 is 6.41 Å². The lowest BCUT2D eigenvalue weighted by Gasteiger charge is -2.17. The van der Waals surface area contributed by atoms with Gasteiger partial charge in [-0.1, -0.05) is 24.3 Å². The van der Waals surface area contributed by atoms with E-state index in [1.54, 1.807) is 4.90 Å². The summed E-state index contributed by atoms with van der Waals surface area (Å²) in [5.41, 5.74) is 2.20. The van der Waals surface area contributed by atoms with Gasteiger partial charge < -0.3 is 10.0 Å². The van der Waals surface area contributed by atoms with E-state index in [1.807, 2.05) is 24.3 Å². The van der Waals surface area contributed by atoms with Crippen LogP contribution < -0.4 is 0 Å². The number of rotatable bonds is 2. The van der Waals surface area contributed by atoms with Crippen LogP contribution in [0, 0.1) is 0 Å². The van der Waals surface area contributed by atoms with E-state index in [0.29, 0.717) is 6.54 Å². The summed E-state index contributed by atoms with van der Waals surface area (Å²) in [7, 11) is 0. The summed E-state index contributed by atoms with van der Waals surface area (Å²) in [6, 6.07) is 7.67. The van der Waals surface area contributed by atoms with Gasteiger partial charge in [0.05, 0.1) is 12.6 Å². The Bertz CT molecular complexity index is 324. The quantitative estimate of drug-likeness (QED) is 0.675. The smallest absolute Gasteiger partial charge is 0.210 e. The molecule has 0 aliphatic carbocycles. The van der Waals surface area contributed by atoms with Crippen LogP contribution in [0.2, 0.25) is 0 Å². The summed E-state index contributed by atoms with van der Waals surface area (Å²) in [5, 5.41) is 9.11. The average molecular weight is 177 g/mol. The Morgan fingerprint density at radius 1 is 1.54 bits per heavy atom. The summed E-state index contributed by atoms with van der Waals surface area (Å²) < 4.78 is 0. The van der Waals surface area contributed by atoms with Crippen LogP contribution in [0.4, 0.5) is 0 Å². The first kappa shape index (κ1) is 8.26. The first-order valence-electron chi connectivity index (χ1n) is 4.26. The molecule has 0 saturated carbocycles. The molecule has 1 unspecified atom stereocenters. The molecule has 3 nitrogen and oxygen atoms in total. The zero-order valence-electron chi connectivity index (χ0n) is 7.18. The molecule has 2 rings (SSSR count). The Hall–Kier alpha value is -1.35. The van der Waals surface area contributed by atoms with Gasteiger partial charge >= 0.3 is 0 Å². The Morgan fingerprint density at radius 3 is 3.00 bits per heavy atom. The number of amides is 1. The van der Waals surface area contributed by atoms with Gasteiger partial charge in [-0.2, -0.15) is 0 Å². The number of fused-ring (bicyclic) bond motifs is 1. The third-order valence-electron chi connectivity index (χ3n) is 2.48. The summed E-state index contributed by atoms with van der Waals surface area (Å²) in [5.74, 6) is 0. The Kier molecular flexibility index (Phi) is 2.02. The van der Waals surface area contributed by atoms with Gasteiger partial charge in [-0.25, -0.2) is 0 Å². The molecule has 68 valence electrons. The van der Waals surface area contributed by atoms with Gasteiger partial charge in [-0.05, 0) is 11.1 Å². The van der Waals surface area contributed by atoms with Crippen molar-refractivity contribution in [2.24, 2.45) is 0 Å². The van der Waals surface area contributed by atoms with Crippen LogP contribution in [0.25, 0.3) is 0 Å². The first-order valence-corrected chi connectivity index (χ1v) is 4.26. The van der Waals surface area contributed by atoms with E-state index in [1.165, 1.54) is 0 Å². The number of aliphatic hydroxyl groups is 1. The van der Waals surface area contributed by atoms with E-state index in [2.05, 4.69) is 0 Å². The molecule has 0 saturated heterocycles. The number of hydrogen-bond donors (Lipinski definition) is 1. The summed E-state index contributed by atoms with van der Waals surface area (Å²) >= 11 is 0. The topological polar surface area (TPSA) is 40.5 Å². The first-order chi connectivity index (χ1) is 6.36. The van der Waals surface area contributed by atoms with Crippen molar-refractivity contribution < 1.29 is 9.90 Å². The highest BCUT2D eigenvalue weighted by atomic mass is 16.3. The molecule has 13 heavy (non-hydrogen) atoms. The fourth-order valence-corrected chi connectivity index (χ4v) is 1.80. The predicted octanol–water partition coefficient (Wildman–Crippen LogP) is 0.692. The molecule has 1 N–H and O–H groups in total. The molecular formula is C10H11NO2. The molecule has 1 amide bonds. The Morgan fingerprint density at radius 2 is 2.31 bits per heavy atom. The molecule has 0 aromatic heterocycles. The third kappa shape index (κ3) is 1.21. The van der Waals surface area contributed by atoms with Gasteiger partial charge in [0.1, 0.15) is 0 Å². The number of hydrogen-bond acceptors (Lipinski definition) is 2. The van der Waals surface area contributed by atoms with Gasteiger partial charge in [-0.3, -0.25) is 4.79 Å². The molecule has 0 spiro atoms. The average Bonchev–Trinajstić information content (AvgIpc) is 2.55. The highest BCUT2D eigenvalue weighted by Crippen LogP contribution is 2.31. The van der Waals surface area contributed by atoms with Crippen molar-refractivity contribution in [1.29, 1.82) is 0 Å². The Labute approximate surface area is 76.6 Å². The second-order valence-corrected chi connectivity index (χ2v) is 3.17. The summed E-state index contributed by atoms with van der Waals surface area (Å²) in [6.07, 6.45) is 0.793. The van der Waals surface area contributed by atoms with Crippen molar-refractivity contribution in [1.82, 2.24) is 4.90 Å². The predicted molar refractivity (Wildman–Crippen MR) is 47.9 cm³/mol. The standard InChI is InChI=1S/C10H11NO2/c12-6-10-9-4-2-1-3-8(9)5-11(10)7-13/h1-4,7,10,12H,5-6H2. The van der Waals surface area contributed by atoms with E-state index in [9.17, 15) is 4.79 Å². The van der Waals surface area contributed by atoms with E-state index in [-0.39, 0.29) is 12.6 Å². The van der Waals surface area contributed by atoms with Gasteiger partial charge in [0, 0.05) is 6.54 Å². The second-order valence-electron chi connectivity index (χ2n) is 3.17. The second kappa shape index (κ2) is 3.18. The van der Waals surface area contributed by atoms with Gasteiger partial charge in [0.2, 0.25) is 6.41 Å². The van der Waals surface area contributed by atoms with E-state index >= 15 is 0 Å². The monoisotopic (exact) mass is 177 g/mol. The maximum absolute atomic E-state index is 10.7. The number of nitrogens with zero attached hydrogens (tertiary/aromatic N) is 1. The molecule has 0 bridgehead atoms. The minimum absolute atomic E-state index is 0.00421. The lowest BCUT2D eigenvalue weighted by molar-refractivity contribution is -0.121. The minimum atomic E-state index is -0.145. The van der Waals surface area contributed by atoms with E-state index in [0.717, 1.165) is 17.5 Å². The van der Waals surface area contributed by atoms with Crippen molar-refractivity contribution in [3.05, 3.63) is 35.4 Å². The largest absolute Gasteiger partial charge is 0.394 e. The highest BCUT2D eigenvalue weighted by Gasteiger charge is 2.27. The molecule has 0 fully saturated rings. The maximum Gasteiger partial charge on any atom is 0.210 e. The molecule has 1 aliphatic heterocycles. The fraction of sp³-hybridized carbons (Fsp3) is 0.300. The minimum Gasteiger partial charge on any atom is -0.394 e. The van der Waals surface area contributed by atoms with Gasteiger partial charge in [0.15, 0.2) is 0 Å². The molecule has 3 heteroatoms. The number of aliphatic hydroxyl groups excluding tert-OH is 1. The maximum atomic E-state index is 10.7. The lowest BCUT2D eigenvalue weighted by Crippen LogP contribution is -2.22. The van der Waals surface area contributed by atoms with Crippen LogP contribution in [0.5, 0.6) is 0 Å². The zero-order valence-corrected chi connectivity index (χ0v) is 7.18. The molecule has 1 atom stereocenters. The number of carbonyl (C=O) groups excluding carboxylic acids is 1. The fourth-order valence-electron chi connectivity index (χ4n) is 1.80. The summed E-state index contributed by atoms with van der Waals surface area (Å²) in [4.78, 5) is 12.3. The molecule has 1 aliphatic rings. The number of carbonyl (C=O) groups is 1. The van der Waals surface area contributed by atoms with Crippen molar-refractivity contribution in [3.63, 3.8) is 0 Å². The number of benzene rings is 1. The van der Waals surface area contributed by atoms with Crippen LogP contribution in [-0.2, 0) is 11.3 Å². The molecule has 0 radical (unpaired) electrons. The Balaban J connectivity index is 2.39. The lowest BCUT2D eigenvalue weighted by atomic mass is 10.1. The van der Waals surface area contributed by atoms with Crippen LogP contribution in [-0.4, -0.2) is 23.0 Å². The third-order valence-corrected chi connectivity index (χ3v) is 2.48. The van der Waals surface area contributed by atoms with Crippen LogP contribution >= 0.6 is 0 Å². The van der Waals surface area contributed by atoms with Crippen molar-refractivity contribution in [2.75, 3.05) is 6.61 Å². The van der Waals surface area contributed by atoms with E-state index < -0.39 is 0 Å². The molecule has 1 aromatic rings. The summed E-state index contributed by atoms with van der Waals surface area (Å²) in [6.45, 7) is 0.612. The molecule has 1 aromatic carbocycles. The van der Waals surface area contributed by atoms with Gasteiger partial charge in [0.25, 0.3) is 0 Å². The zero-order chi connectivity index (χ0) is 9.26. The van der Waals surface area contributed by atoms with E-state index in [4.69, 9.17) is 5.11 Å². The molecule has 1 heterocycles. The molecular weight excluding hydrogens is 166 g/mol. The van der Waals surface area contributed by atoms with Gasteiger partial charge in [-0.15, -0.1) is 0 Å². The SMILES string of the molecule is O=CN1Cc2ccccc2C1CO. The van der Waals surface area contributed by atoms with Crippen molar-refractivity contribution in [2.45, 2.75) is 12.6 Å².